The number of nitrogens with zero attached hydrogens (tertiary/aromatic N) is 5. The minimum Gasteiger partial charge on any atom is -0.478 e. The first-order valence-electron chi connectivity index (χ1n) is 14.7. The van der Waals surface area contributed by atoms with E-state index in [4.69, 9.17) is 19.4 Å². The molecule has 2 aromatic carbocycles. The van der Waals surface area contributed by atoms with Crippen LogP contribution in [0, 0.1) is 0 Å². The van der Waals surface area contributed by atoms with Crippen molar-refractivity contribution in [2.75, 3.05) is 19.7 Å². The van der Waals surface area contributed by atoms with Gasteiger partial charge in [-0.1, -0.05) is 18.2 Å². The number of aromatic nitrogens is 4. The molecule has 2 aliphatic rings. The van der Waals surface area contributed by atoms with Crippen molar-refractivity contribution in [3.05, 3.63) is 89.5 Å². The fourth-order valence-electron chi connectivity index (χ4n) is 6.23. The van der Waals surface area contributed by atoms with Crippen molar-refractivity contribution >= 4 is 27.9 Å². The first-order chi connectivity index (χ1) is 20.5. The van der Waals surface area contributed by atoms with Crippen LogP contribution in [0.15, 0.2) is 66.9 Å². The summed E-state index contributed by atoms with van der Waals surface area (Å²) in [6.07, 6.45) is 5.26. The molecule has 5 aromatic rings. The minimum atomic E-state index is -0.926. The van der Waals surface area contributed by atoms with Crippen molar-refractivity contribution in [3.63, 3.8) is 0 Å². The Labute approximate surface area is 244 Å². The molecule has 2 fully saturated rings. The number of carboxylic acid groups (broad SMARTS) is 1. The zero-order valence-corrected chi connectivity index (χ0v) is 23.8. The van der Waals surface area contributed by atoms with Crippen molar-refractivity contribution in [1.82, 2.24) is 24.0 Å². The number of fused-ring (bicyclic) bond motifs is 2. The second kappa shape index (κ2) is 11.2. The van der Waals surface area contributed by atoms with Gasteiger partial charge in [0.2, 0.25) is 5.88 Å². The number of pyridine rings is 1. The second-order valence-corrected chi connectivity index (χ2v) is 11.4. The fraction of sp³-hybridized carbons (Fsp3) is 0.364. The van der Waals surface area contributed by atoms with E-state index in [1.165, 1.54) is 10.9 Å². The van der Waals surface area contributed by atoms with Gasteiger partial charge in [0.1, 0.15) is 12.4 Å². The molecule has 0 radical (unpaired) electrons. The smallest absolute Gasteiger partial charge is 0.335 e. The number of imidazole rings is 1. The molecule has 7 rings (SSSR count). The lowest BCUT2D eigenvalue weighted by atomic mass is 9.93. The van der Waals surface area contributed by atoms with Crippen LogP contribution in [-0.4, -0.2) is 60.9 Å². The van der Waals surface area contributed by atoms with Crippen molar-refractivity contribution in [1.29, 1.82) is 0 Å². The molecule has 0 amide bonds. The van der Waals surface area contributed by atoms with E-state index < -0.39 is 5.97 Å². The summed E-state index contributed by atoms with van der Waals surface area (Å²) < 4.78 is 16.2. The quantitative estimate of drug-likeness (QED) is 0.257. The van der Waals surface area contributed by atoms with E-state index in [-0.39, 0.29) is 11.7 Å². The highest BCUT2D eigenvalue weighted by Gasteiger charge is 2.26. The Morgan fingerprint density at radius 2 is 1.86 bits per heavy atom. The third-order valence-electron chi connectivity index (χ3n) is 8.76. The highest BCUT2D eigenvalue weighted by atomic mass is 16.5. The Morgan fingerprint density at radius 3 is 2.64 bits per heavy atom. The Balaban J connectivity index is 1.01. The highest BCUT2D eigenvalue weighted by molar-refractivity contribution is 5.92. The number of rotatable bonds is 9. The standard InChI is InChI=1S/C33H35N5O4/c1-36-14-12-26-24(4-2-6-29(26)36)21-42-32-7-3-5-27(35-32)22-10-15-37(16-11-22)20-31-34-28-9-8-23(33(39)40)18-30(28)38(31)19-25-13-17-41-25/h2-9,12,14,18,22,25H,10-11,13,15-17,19-21H2,1H3,(H,39,40). The molecular formula is C33H35N5O4. The van der Waals surface area contributed by atoms with Crippen LogP contribution < -0.4 is 4.74 Å². The number of hydrogen-bond acceptors (Lipinski definition) is 6. The lowest BCUT2D eigenvalue weighted by Crippen LogP contribution is -2.35. The predicted octanol–water partition coefficient (Wildman–Crippen LogP) is 5.37. The number of ether oxygens (including phenoxy) is 2. The SMILES string of the molecule is Cn1ccc2c(COc3cccc(C4CCN(Cc5nc6ccc(C(=O)O)cc6n5CC5CCO5)CC4)n3)cccc21. The molecule has 5 heterocycles. The van der Waals surface area contributed by atoms with Gasteiger partial charge in [-0.05, 0) is 74.3 Å². The van der Waals surface area contributed by atoms with Gasteiger partial charge in [0, 0.05) is 48.4 Å². The summed E-state index contributed by atoms with van der Waals surface area (Å²) in [5.74, 6) is 1.08. The number of likely N-dealkylation sites (tertiary alicyclic amines) is 1. The molecule has 1 atom stereocenters. The predicted molar refractivity (Wildman–Crippen MR) is 160 cm³/mol. The van der Waals surface area contributed by atoms with Crippen molar-refractivity contribution in [2.45, 2.75) is 51.0 Å². The maximum Gasteiger partial charge on any atom is 0.335 e. The molecule has 3 aromatic heterocycles. The van der Waals surface area contributed by atoms with Gasteiger partial charge >= 0.3 is 5.97 Å². The average molecular weight is 566 g/mol. The summed E-state index contributed by atoms with van der Waals surface area (Å²) in [6.45, 7) is 4.56. The van der Waals surface area contributed by atoms with E-state index in [2.05, 4.69) is 57.6 Å². The van der Waals surface area contributed by atoms with Gasteiger partial charge in [-0.25, -0.2) is 14.8 Å². The number of aromatic carboxylic acids is 1. The van der Waals surface area contributed by atoms with Crippen molar-refractivity contribution in [2.24, 2.45) is 7.05 Å². The average Bonchev–Trinajstić information content (AvgIpc) is 3.53. The Morgan fingerprint density at radius 1 is 1.02 bits per heavy atom. The van der Waals surface area contributed by atoms with Crippen LogP contribution >= 0.6 is 0 Å². The second-order valence-electron chi connectivity index (χ2n) is 11.4. The third kappa shape index (κ3) is 5.26. The number of hydrogen-bond donors (Lipinski definition) is 1. The van der Waals surface area contributed by atoms with Gasteiger partial charge in [0.05, 0.1) is 35.8 Å². The van der Waals surface area contributed by atoms with Crippen LogP contribution in [0.3, 0.4) is 0 Å². The third-order valence-corrected chi connectivity index (χ3v) is 8.76. The first-order valence-corrected chi connectivity index (χ1v) is 14.7. The van der Waals surface area contributed by atoms with Crippen LogP contribution in [-0.2, 0) is 31.5 Å². The van der Waals surface area contributed by atoms with Crippen LogP contribution in [0.25, 0.3) is 21.9 Å². The van der Waals surface area contributed by atoms with E-state index in [1.54, 1.807) is 12.1 Å². The van der Waals surface area contributed by atoms with Gasteiger partial charge in [-0.3, -0.25) is 4.90 Å². The fourth-order valence-corrected chi connectivity index (χ4v) is 6.23. The van der Waals surface area contributed by atoms with Gasteiger partial charge in [-0.15, -0.1) is 0 Å². The number of aryl methyl sites for hydroxylation is 1. The van der Waals surface area contributed by atoms with Crippen LogP contribution in [0.2, 0.25) is 0 Å². The minimum absolute atomic E-state index is 0.154. The van der Waals surface area contributed by atoms with Crippen molar-refractivity contribution < 1.29 is 19.4 Å². The first kappa shape index (κ1) is 26.7. The Bertz CT molecular complexity index is 1750. The summed E-state index contributed by atoms with van der Waals surface area (Å²) in [5.41, 5.74) is 5.40. The van der Waals surface area contributed by atoms with Crippen LogP contribution in [0.4, 0.5) is 0 Å². The number of piperidine rings is 1. The summed E-state index contributed by atoms with van der Waals surface area (Å²) >= 11 is 0. The van der Waals surface area contributed by atoms with E-state index in [0.717, 1.165) is 73.6 Å². The molecule has 9 heteroatoms. The normalized spacial score (nSPS) is 18.0. The molecule has 2 aliphatic heterocycles. The largest absolute Gasteiger partial charge is 0.478 e. The monoisotopic (exact) mass is 565 g/mol. The lowest BCUT2D eigenvalue weighted by Gasteiger charge is -2.32. The molecule has 2 saturated heterocycles. The summed E-state index contributed by atoms with van der Waals surface area (Å²) in [5, 5.41) is 10.7. The van der Waals surface area contributed by atoms with E-state index in [9.17, 15) is 9.90 Å². The summed E-state index contributed by atoms with van der Waals surface area (Å²) in [7, 11) is 2.06. The molecule has 0 bridgehead atoms. The van der Waals surface area contributed by atoms with Gasteiger partial charge in [0.25, 0.3) is 0 Å². The van der Waals surface area contributed by atoms with Gasteiger partial charge < -0.3 is 23.7 Å². The molecule has 1 unspecified atom stereocenters. The summed E-state index contributed by atoms with van der Waals surface area (Å²) in [6, 6.07) is 19.7. The maximum absolute atomic E-state index is 11.6. The molecular weight excluding hydrogens is 530 g/mol. The number of carboxylic acids is 1. The Hall–Kier alpha value is -4.21. The van der Waals surface area contributed by atoms with Crippen LogP contribution in [0.5, 0.6) is 5.88 Å². The zero-order chi connectivity index (χ0) is 28.6. The maximum atomic E-state index is 11.6. The van der Waals surface area contributed by atoms with E-state index in [1.807, 2.05) is 18.2 Å². The zero-order valence-electron chi connectivity index (χ0n) is 23.8. The molecule has 0 spiro atoms. The molecule has 9 nitrogen and oxygen atoms in total. The number of carbonyl (C=O) groups is 1. The van der Waals surface area contributed by atoms with Crippen molar-refractivity contribution in [3.8, 4) is 5.88 Å². The van der Waals surface area contributed by atoms with E-state index >= 15 is 0 Å². The molecule has 42 heavy (non-hydrogen) atoms. The number of benzene rings is 2. The highest BCUT2D eigenvalue weighted by Crippen LogP contribution is 2.30. The topological polar surface area (TPSA) is 94.6 Å². The van der Waals surface area contributed by atoms with Crippen LogP contribution in [0.1, 0.15) is 52.6 Å². The lowest BCUT2D eigenvalue weighted by molar-refractivity contribution is -0.0592. The van der Waals surface area contributed by atoms with Gasteiger partial charge in [-0.2, -0.15) is 0 Å². The molecule has 1 N–H and O–H groups in total. The summed E-state index contributed by atoms with van der Waals surface area (Å²) in [4.78, 5) is 23.9. The molecule has 0 saturated carbocycles. The molecule has 216 valence electrons. The van der Waals surface area contributed by atoms with Gasteiger partial charge in [0.15, 0.2) is 0 Å². The molecule has 0 aliphatic carbocycles. The van der Waals surface area contributed by atoms with E-state index in [0.29, 0.717) is 24.9 Å². The Kier molecular flexibility index (Phi) is 7.13.